The van der Waals surface area contributed by atoms with E-state index < -0.39 is 18.0 Å². The van der Waals surface area contributed by atoms with Crippen LogP contribution in [0.3, 0.4) is 0 Å². The largest absolute Gasteiger partial charge is 0.449 e. The number of rotatable bonds is 4. The van der Waals surface area contributed by atoms with Gasteiger partial charge < -0.3 is 10.5 Å². The van der Waals surface area contributed by atoms with Crippen molar-refractivity contribution in [2.75, 3.05) is 0 Å². The molecule has 0 heterocycles. The fourth-order valence-corrected chi connectivity index (χ4v) is 2.61. The Bertz CT molecular complexity index is 475. The predicted molar refractivity (Wildman–Crippen MR) is 76.3 cm³/mol. The summed E-state index contributed by atoms with van der Waals surface area (Å²) in [7, 11) is 0. The van der Waals surface area contributed by atoms with Crippen LogP contribution in [0.5, 0.6) is 0 Å². The highest BCUT2D eigenvalue weighted by molar-refractivity contribution is 5.91. The van der Waals surface area contributed by atoms with Gasteiger partial charge in [-0.3, -0.25) is 4.79 Å². The van der Waals surface area contributed by atoms with Crippen LogP contribution in [0.2, 0.25) is 0 Å². The Morgan fingerprint density at radius 2 is 1.75 bits per heavy atom. The average molecular weight is 275 g/mol. The average Bonchev–Trinajstić information content (AvgIpc) is 2.48. The molecule has 20 heavy (non-hydrogen) atoms. The number of amides is 1. The molecule has 1 aliphatic carbocycles. The fraction of sp³-hybridized carbons (Fsp3) is 0.500. The Morgan fingerprint density at radius 3 is 2.30 bits per heavy atom. The molecule has 0 aliphatic heterocycles. The molecule has 2 N–H and O–H groups in total. The summed E-state index contributed by atoms with van der Waals surface area (Å²) in [6, 6.07) is 7.50. The molecule has 0 unspecified atom stereocenters. The zero-order valence-corrected chi connectivity index (χ0v) is 11.8. The van der Waals surface area contributed by atoms with Gasteiger partial charge in [-0.05, 0) is 43.4 Å². The minimum Gasteiger partial charge on any atom is -0.449 e. The fourth-order valence-electron chi connectivity index (χ4n) is 2.61. The Labute approximate surface area is 119 Å². The molecule has 0 aromatic heterocycles. The van der Waals surface area contributed by atoms with Crippen molar-refractivity contribution in [2.45, 2.75) is 51.0 Å². The number of primary amides is 1. The van der Waals surface area contributed by atoms with Gasteiger partial charge in [0.2, 0.25) is 0 Å². The zero-order valence-electron chi connectivity index (χ0n) is 11.8. The van der Waals surface area contributed by atoms with Gasteiger partial charge in [0, 0.05) is 0 Å². The monoisotopic (exact) mass is 275 g/mol. The maximum Gasteiger partial charge on any atom is 0.338 e. The third-order valence-corrected chi connectivity index (χ3v) is 3.91. The van der Waals surface area contributed by atoms with E-state index in [1.165, 1.54) is 44.6 Å². The Hall–Kier alpha value is -1.84. The molecule has 0 bridgehead atoms. The molecule has 1 saturated carbocycles. The van der Waals surface area contributed by atoms with Crippen LogP contribution < -0.4 is 5.73 Å². The molecule has 1 atom stereocenters. The number of esters is 1. The van der Waals surface area contributed by atoms with E-state index >= 15 is 0 Å². The summed E-state index contributed by atoms with van der Waals surface area (Å²) in [6.45, 7) is 1.47. The summed E-state index contributed by atoms with van der Waals surface area (Å²) >= 11 is 0. The van der Waals surface area contributed by atoms with Crippen LogP contribution in [0.25, 0.3) is 0 Å². The number of hydrogen-bond donors (Lipinski definition) is 1. The van der Waals surface area contributed by atoms with Crippen LogP contribution in [0.4, 0.5) is 0 Å². The van der Waals surface area contributed by atoms with Gasteiger partial charge in [-0.15, -0.1) is 0 Å². The van der Waals surface area contributed by atoms with E-state index in [2.05, 4.69) is 0 Å². The number of carbonyl (C=O) groups is 2. The minimum absolute atomic E-state index is 0.456. The molecule has 0 spiro atoms. The lowest BCUT2D eigenvalue weighted by Gasteiger charge is -2.22. The quantitative estimate of drug-likeness (QED) is 0.859. The number of hydrogen-bond acceptors (Lipinski definition) is 3. The van der Waals surface area contributed by atoms with Gasteiger partial charge in [0.15, 0.2) is 6.10 Å². The molecule has 0 saturated heterocycles. The van der Waals surface area contributed by atoms with E-state index in [0.717, 1.165) is 0 Å². The first-order valence-electron chi connectivity index (χ1n) is 7.18. The van der Waals surface area contributed by atoms with Gasteiger partial charge in [-0.2, -0.15) is 0 Å². The topological polar surface area (TPSA) is 69.4 Å². The lowest BCUT2D eigenvalue weighted by atomic mass is 9.84. The van der Waals surface area contributed by atoms with E-state index in [1.807, 2.05) is 12.1 Å². The molecule has 4 nitrogen and oxygen atoms in total. The van der Waals surface area contributed by atoms with Gasteiger partial charge >= 0.3 is 5.97 Å². The second-order valence-corrected chi connectivity index (χ2v) is 5.41. The second kappa shape index (κ2) is 6.55. The molecular weight excluding hydrogens is 254 g/mol. The zero-order chi connectivity index (χ0) is 14.5. The van der Waals surface area contributed by atoms with Gasteiger partial charge in [-0.25, -0.2) is 4.79 Å². The lowest BCUT2D eigenvalue weighted by molar-refractivity contribution is -0.125. The third kappa shape index (κ3) is 3.59. The molecule has 1 aromatic carbocycles. The molecule has 108 valence electrons. The number of nitrogens with two attached hydrogens (primary N) is 1. The van der Waals surface area contributed by atoms with Crippen molar-refractivity contribution in [1.82, 2.24) is 0 Å². The maximum atomic E-state index is 11.8. The first kappa shape index (κ1) is 14.6. The van der Waals surface area contributed by atoms with E-state index in [9.17, 15) is 9.59 Å². The van der Waals surface area contributed by atoms with Gasteiger partial charge in [0.25, 0.3) is 5.91 Å². The van der Waals surface area contributed by atoms with Crippen molar-refractivity contribution in [3.05, 3.63) is 35.4 Å². The van der Waals surface area contributed by atoms with Crippen molar-refractivity contribution in [1.29, 1.82) is 0 Å². The summed E-state index contributed by atoms with van der Waals surface area (Å²) in [6.07, 6.45) is 5.44. The molecule has 2 rings (SSSR count). The van der Waals surface area contributed by atoms with Gasteiger partial charge in [0.05, 0.1) is 5.56 Å². The first-order chi connectivity index (χ1) is 9.58. The normalized spacial score (nSPS) is 17.4. The summed E-state index contributed by atoms with van der Waals surface area (Å²) in [5, 5.41) is 0. The molecule has 1 fully saturated rings. The highest BCUT2D eigenvalue weighted by Gasteiger charge is 2.18. The predicted octanol–water partition coefficient (Wildman–Crippen LogP) is 2.76. The van der Waals surface area contributed by atoms with E-state index in [0.29, 0.717) is 11.5 Å². The van der Waals surface area contributed by atoms with Crippen molar-refractivity contribution >= 4 is 11.9 Å². The Balaban J connectivity index is 2.00. The lowest BCUT2D eigenvalue weighted by Crippen LogP contribution is -2.30. The molecule has 0 radical (unpaired) electrons. The highest BCUT2D eigenvalue weighted by atomic mass is 16.5. The van der Waals surface area contributed by atoms with Crippen molar-refractivity contribution in [2.24, 2.45) is 5.73 Å². The summed E-state index contributed by atoms with van der Waals surface area (Å²) < 4.78 is 4.97. The van der Waals surface area contributed by atoms with Gasteiger partial charge in [0.1, 0.15) is 0 Å². The minimum atomic E-state index is -0.902. The second-order valence-electron chi connectivity index (χ2n) is 5.41. The standard InChI is InChI=1S/C16H21NO3/c1-11(15(17)18)20-16(19)14-9-7-13(8-10-14)12-5-3-2-4-6-12/h7-12H,2-6H2,1H3,(H2,17,18)/t11-/m0/s1. The van der Waals surface area contributed by atoms with Crippen molar-refractivity contribution in [3.8, 4) is 0 Å². The third-order valence-electron chi connectivity index (χ3n) is 3.91. The molecule has 1 aliphatic rings. The van der Waals surface area contributed by atoms with E-state index in [1.54, 1.807) is 12.1 Å². The summed E-state index contributed by atoms with van der Waals surface area (Å²) in [5.74, 6) is -0.540. The number of ether oxygens (including phenoxy) is 1. The first-order valence-corrected chi connectivity index (χ1v) is 7.18. The SMILES string of the molecule is C[C@H](OC(=O)c1ccc(C2CCCCC2)cc1)C(N)=O. The van der Waals surface area contributed by atoms with Crippen LogP contribution in [0.1, 0.15) is 60.9 Å². The number of benzene rings is 1. The molecular formula is C16H21NO3. The van der Waals surface area contributed by atoms with E-state index in [-0.39, 0.29) is 0 Å². The Morgan fingerprint density at radius 1 is 1.15 bits per heavy atom. The van der Waals surface area contributed by atoms with Crippen LogP contribution in [0.15, 0.2) is 24.3 Å². The molecule has 1 aromatic rings. The van der Waals surface area contributed by atoms with Crippen molar-refractivity contribution in [3.63, 3.8) is 0 Å². The highest BCUT2D eigenvalue weighted by Crippen LogP contribution is 2.32. The summed E-state index contributed by atoms with van der Waals surface area (Å²) in [4.78, 5) is 22.7. The van der Waals surface area contributed by atoms with Crippen LogP contribution in [-0.2, 0) is 9.53 Å². The van der Waals surface area contributed by atoms with Crippen LogP contribution in [0, 0.1) is 0 Å². The number of carbonyl (C=O) groups excluding carboxylic acids is 2. The van der Waals surface area contributed by atoms with E-state index in [4.69, 9.17) is 10.5 Å². The summed E-state index contributed by atoms with van der Waals surface area (Å²) in [5.41, 5.74) is 6.81. The van der Waals surface area contributed by atoms with Crippen LogP contribution >= 0.6 is 0 Å². The molecule has 4 heteroatoms. The Kier molecular flexibility index (Phi) is 4.77. The van der Waals surface area contributed by atoms with Crippen LogP contribution in [-0.4, -0.2) is 18.0 Å². The smallest absolute Gasteiger partial charge is 0.338 e. The van der Waals surface area contributed by atoms with Crippen molar-refractivity contribution < 1.29 is 14.3 Å². The van der Waals surface area contributed by atoms with Gasteiger partial charge in [-0.1, -0.05) is 31.4 Å². The molecule has 1 amide bonds. The maximum absolute atomic E-state index is 11.8.